The third-order valence-corrected chi connectivity index (χ3v) is 5.13. The Morgan fingerprint density at radius 1 is 0.829 bits per heavy atom. The lowest BCUT2D eigenvalue weighted by molar-refractivity contribution is 0.0734. The van der Waals surface area contributed by atoms with Gasteiger partial charge in [-0.15, -0.1) is 0 Å². The van der Waals surface area contributed by atoms with E-state index in [-0.39, 0.29) is 5.91 Å². The molecule has 4 aromatic carbocycles. The van der Waals surface area contributed by atoms with Crippen LogP contribution >= 0.6 is 0 Å². The SMILES string of the molecule is Cc1ccc(C(=O)Oc2ccc(/C=N\NC(=O)c3ccccc3OCc3ccccc3)cc2)cc1. The highest BCUT2D eigenvalue weighted by molar-refractivity contribution is 5.97. The fraction of sp³-hybridized carbons (Fsp3) is 0.0690. The number of hydrazone groups is 1. The Balaban J connectivity index is 1.32. The molecule has 4 aromatic rings. The molecular formula is C29H24N2O4. The monoisotopic (exact) mass is 464 g/mol. The standard InChI is InChI=1S/C29H24N2O4/c1-21-11-15-24(16-12-21)29(33)35-25-17-13-22(14-18-25)19-30-31-28(32)26-9-5-6-10-27(26)34-20-23-7-3-2-4-8-23/h2-19H,20H2,1H3,(H,31,32)/b30-19-. The van der Waals surface area contributed by atoms with E-state index in [9.17, 15) is 9.59 Å². The van der Waals surface area contributed by atoms with Crippen LogP contribution in [0.25, 0.3) is 0 Å². The third kappa shape index (κ3) is 6.65. The molecule has 0 atom stereocenters. The summed E-state index contributed by atoms with van der Waals surface area (Å²) < 4.78 is 11.2. The van der Waals surface area contributed by atoms with Crippen LogP contribution in [0.15, 0.2) is 108 Å². The molecule has 6 heteroatoms. The van der Waals surface area contributed by atoms with E-state index in [2.05, 4.69) is 10.5 Å². The number of carbonyl (C=O) groups excluding carboxylic acids is 2. The maximum atomic E-state index is 12.6. The van der Waals surface area contributed by atoms with E-state index in [1.54, 1.807) is 54.6 Å². The van der Waals surface area contributed by atoms with Crippen molar-refractivity contribution in [1.29, 1.82) is 0 Å². The van der Waals surface area contributed by atoms with E-state index in [0.717, 1.165) is 16.7 Å². The van der Waals surface area contributed by atoms with E-state index < -0.39 is 5.97 Å². The molecule has 174 valence electrons. The second kappa shape index (κ2) is 11.4. The zero-order valence-electron chi connectivity index (χ0n) is 19.2. The van der Waals surface area contributed by atoms with Crippen molar-refractivity contribution in [2.45, 2.75) is 13.5 Å². The van der Waals surface area contributed by atoms with Crippen molar-refractivity contribution in [3.63, 3.8) is 0 Å². The molecule has 0 saturated carbocycles. The number of nitrogens with zero attached hydrogens (tertiary/aromatic N) is 1. The molecule has 0 aliphatic rings. The van der Waals surface area contributed by atoms with Gasteiger partial charge in [0.2, 0.25) is 0 Å². The first kappa shape index (κ1) is 23.4. The molecule has 0 aliphatic heterocycles. The molecule has 0 saturated heterocycles. The number of hydrogen-bond acceptors (Lipinski definition) is 5. The number of hydrogen-bond donors (Lipinski definition) is 1. The van der Waals surface area contributed by atoms with Gasteiger partial charge in [0.15, 0.2) is 0 Å². The first-order chi connectivity index (χ1) is 17.1. The Morgan fingerprint density at radius 2 is 1.51 bits per heavy atom. The molecule has 6 nitrogen and oxygen atoms in total. The summed E-state index contributed by atoms with van der Waals surface area (Å²) in [4.78, 5) is 24.9. The highest BCUT2D eigenvalue weighted by Crippen LogP contribution is 2.19. The third-order valence-electron chi connectivity index (χ3n) is 5.13. The smallest absolute Gasteiger partial charge is 0.343 e. The van der Waals surface area contributed by atoms with E-state index in [1.807, 2.05) is 55.5 Å². The average Bonchev–Trinajstić information content (AvgIpc) is 2.89. The zero-order valence-corrected chi connectivity index (χ0v) is 19.2. The minimum absolute atomic E-state index is 0.356. The molecule has 0 bridgehead atoms. The van der Waals surface area contributed by atoms with Gasteiger partial charge in [0.05, 0.1) is 17.3 Å². The van der Waals surface area contributed by atoms with E-state index in [1.165, 1.54) is 6.21 Å². The van der Waals surface area contributed by atoms with Crippen molar-refractivity contribution in [3.8, 4) is 11.5 Å². The second-order valence-corrected chi connectivity index (χ2v) is 7.79. The van der Waals surface area contributed by atoms with Gasteiger partial charge in [0, 0.05) is 0 Å². The molecule has 1 N–H and O–H groups in total. The Hall–Kier alpha value is -4.71. The highest BCUT2D eigenvalue weighted by Gasteiger charge is 2.12. The number of rotatable bonds is 8. The van der Waals surface area contributed by atoms with Crippen LogP contribution in [0.3, 0.4) is 0 Å². The van der Waals surface area contributed by atoms with Crippen LogP contribution in [0.1, 0.15) is 37.4 Å². The Labute approximate surface area is 203 Å². The highest BCUT2D eigenvalue weighted by atomic mass is 16.5. The lowest BCUT2D eigenvalue weighted by Gasteiger charge is -2.10. The molecule has 0 aliphatic carbocycles. The average molecular weight is 465 g/mol. The van der Waals surface area contributed by atoms with Crippen LogP contribution in [0.4, 0.5) is 0 Å². The first-order valence-electron chi connectivity index (χ1n) is 11.1. The van der Waals surface area contributed by atoms with Gasteiger partial charge in [-0.05, 0) is 66.6 Å². The normalized spacial score (nSPS) is 10.7. The molecule has 1 amide bonds. The van der Waals surface area contributed by atoms with Crippen LogP contribution in [-0.2, 0) is 6.61 Å². The summed E-state index contributed by atoms with van der Waals surface area (Å²) in [6.45, 7) is 2.31. The summed E-state index contributed by atoms with van der Waals surface area (Å²) in [5, 5.41) is 4.04. The number of benzene rings is 4. The number of carbonyl (C=O) groups is 2. The number of aryl methyl sites for hydroxylation is 1. The Kier molecular flexibility index (Phi) is 7.66. The number of amides is 1. The van der Waals surface area contributed by atoms with Crippen molar-refractivity contribution < 1.29 is 19.1 Å². The molecule has 0 fully saturated rings. The second-order valence-electron chi connectivity index (χ2n) is 7.79. The fourth-order valence-corrected chi connectivity index (χ4v) is 3.22. The minimum atomic E-state index is -0.424. The van der Waals surface area contributed by atoms with Gasteiger partial charge in [-0.1, -0.05) is 60.2 Å². The van der Waals surface area contributed by atoms with Crippen molar-refractivity contribution in [3.05, 3.63) is 131 Å². The van der Waals surface area contributed by atoms with Crippen LogP contribution in [0.5, 0.6) is 11.5 Å². The molecule has 0 heterocycles. The number of ether oxygens (including phenoxy) is 2. The van der Waals surface area contributed by atoms with Gasteiger partial charge in [0.25, 0.3) is 5.91 Å². The predicted octanol–water partition coefficient (Wildman–Crippen LogP) is 5.56. The Bertz CT molecular complexity index is 1320. The van der Waals surface area contributed by atoms with Crippen molar-refractivity contribution in [1.82, 2.24) is 5.43 Å². The summed E-state index contributed by atoms with van der Waals surface area (Å²) in [5.74, 6) is 0.0884. The van der Waals surface area contributed by atoms with E-state index in [0.29, 0.717) is 29.2 Å². The predicted molar refractivity (Wildman–Crippen MR) is 135 cm³/mol. The van der Waals surface area contributed by atoms with Crippen molar-refractivity contribution >= 4 is 18.1 Å². The lowest BCUT2D eigenvalue weighted by Crippen LogP contribution is -2.18. The maximum absolute atomic E-state index is 12.6. The van der Waals surface area contributed by atoms with Crippen LogP contribution in [0.2, 0.25) is 0 Å². The summed E-state index contributed by atoms with van der Waals surface area (Å²) in [7, 11) is 0. The number of esters is 1. The largest absolute Gasteiger partial charge is 0.488 e. The molecular weight excluding hydrogens is 440 g/mol. The summed E-state index contributed by atoms with van der Waals surface area (Å²) in [5.41, 5.74) is 6.20. The van der Waals surface area contributed by atoms with Crippen LogP contribution in [-0.4, -0.2) is 18.1 Å². The summed E-state index contributed by atoms with van der Waals surface area (Å²) in [6.07, 6.45) is 1.51. The summed E-state index contributed by atoms with van der Waals surface area (Å²) in [6, 6.07) is 30.7. The topological polar surface area (TPSA) is 77.0 Å². The first-order valence-corrected chi connectivity index (χ1v) is 11.1. The van der Waals surface area contributed by atoms with E-state index >= 15 is 0 Å². The minimum Gasteiger partial charge on any atom is -0.488 e. The van der Waals surface area contributed by atoms with Gasteiger partial charge < -0.3 is 9.47 Å². The molecule has 35 heavy (non-hydrogen) atoms. The van der Waals surface area contributed by atoms with Gasteiger partial charge >= 0.3 is 5.97 Å². The fourth-order valence-electron chi connectivity index (χ4n) is 3.22. The molecule has 0 spiro atoms. The number of para-hydroxylation sites is 1. The lowest BCUT2D eigenvalue weighted by atomic mass is 10.1. The Morgan fingerprint density at radius 3 is 2.26 bits per heavy atom. The van der Waals surface area contributed by atoms with Crippen LogP contribution < -0.4 is 14.9 Å². The van der Waals surface area contributed by atoms with Gasteiger partial charge in [0.1, 0.15) is 18.1 Å². The van der Waals surface area contributed by atoms with Gasteiger partial charge in [-0.2, -0.15) is 5.10 Å². The van der Waals surface area contributed by atoms with Crippen molar-refractivity contribution in [2.24, 2.45) is 5.10 Å². The number of nitrogens with one attached hydrogen (secondary N) is 1. The zero-order chi connectivity index (χ0) is 24.5. The molecule has 0 aromatic heterocycles. The quantitative estimate of drug-likeness (QED) is 0.160. The molecule has 0 radical (unpaired) electrons. The van der Waals surface area contributed by atoms with Crippen LogP contribution in [0, 0.1) is 6.92 Å². The van der Waals surface area contributed by atoms with E-state index in [4.69, 9.17) is 9.47 Å². The maximum Gasteiger partial charge on any atom is 0.343 e. The van der Waals surface area contributed by atoms with Gasteiger partial charge in [-0.25, -0.2) is 10.2 Å². The van der Waals surface area contributed by atoms with Crippen molar-refractivity contribution in [2.75, 3.05) is 0 Å². The molecule has 4 rings (SSSR count). The molecule has 0 unspecified atom stereocenters. The van der Waals surface area contributed by atoms with Gasteiger partial charge in [-0.3, -0.25) is 4.79 Å². The summed E-state index contributed by atoms with van der Waals surface area (Å²) >= 11 is 0.